The van der Waals surface area contributed by atoms with Gasteiger partial charge in [0.15, 0.2) is 0 Å². The van der Waals surface area contributed by atoms with Crippen LogP contribution in [0.4, 0.5) is 10.5 Å². The molecule has 0 radical (unpaired) electrons. The number of carbonyl (C=O) groups excluding carboxylic acids is 2. The number of rotatable bonds is 5. The highest BCUT2D eigenvalue weighted by atomic mass is 16.5. The predicted molar refractivity (Wildman–Crippen MR) is 91.7 cm³/mol. The lowest BCUT2D eigenvalue weighted by Crippen LogP contribution is -2.47. The number of aromatic nitrogens is 3. The number of methoxy groups -OCH3 is 1. The fraction of sp³-hybridized carbons (Fsp3) is 0.375. The number of anilines is 1. The van der Waals surface area contributed by atoms with Crippen LogP contribution in [0.3, 0.4) is 0 Å². The Morgan fingerprint density at radius 1 is 1.32 bits per heavy atom. The van der Waals surface area contributed by atoms with Crippen LogP contribution in [0, 0.1) is 12.8 Å². The Bertz CT molecular complexity index is 824. The van der Waals surface area contributed by atoms with Crippen LogP contribution in [0.1, 0.15) is 19.4 Å². The van der Waals surface area contributed by atoms with Gasteiger partial charge in [0, 0.05) is 5.69 Å². The molecule has 1 heterocycles. The van der Waals surface area contributed by atoms with Crippen molar-refractivity contribution < 1.29 is 14.3 Å². The van der Waals surface area contributed by atoms with E-state index in [0.29, 0.717) is 16.9 Å². The second kappa shape index (κ2) is 7.65. The second-order valence-corrected chi connectivity index (χ2v) is 5.83. The van der Waals surface area contributed by atoms with Crippen LogP contribution in [-0.2, 0) is 9.53 Å². The van der Waals surface area contributed by atoms with Crippen molar-refractivity contribution in [2.45, 2.75) is 26.8 Å². The molecule has 2 amide bonds. The number of alkyl carbamates (subject to hydrolysis) is 1. The minimum atomic E-state index is -0.757. The summed E-state index contributed by atoms with van der Waals surface area (Å²) in [6.45, 7) is 5.41. The van der Waals surface area contributed by atoms with Crippen molar-refractivity contribution in [3.05, 3.63) is 40.6 Å². The molecule has 1 atom stereocenters. The number of hydrogen-bond donors (Lipinski definition) is 3. The molecule has 134 valence electrons. The maximum atomic E-state index is 12.6. The van der Waals surface area contributed by atoms with Gasteiger partial charge in [0.1, 0.15) is 12.4 Å². The Kier molecular flexibility index (Phi) is 5.58. The lowest BCUT2D eigenvalue weighted by atomic mass is 10.0. The molecule has 0 aliphatic rings. The Hall–Kier alpha value is -3.10. The van der Waals surface area contributed by atoms with E-state index in [4.69, 9.17) is 0 Å². The Morgan fingerprint density at radius 3 is 2.60 bits per heavy atom. The Labute approximate surface area is 144 Å². The van der Waals surface area contributed by atoms with Crippen LogP contribution < -0.4 is 16.3 Å². The third-order valence-corrected chi connectivity index (χ3v) is 3.78. The van der Waals surface area contributed by atoms with Crippen LogP contribution >= 0.6 is 0 Å². The summed E-state index contributed by atoms with van der Waals surface area (Å²) in [6.07, 6.45) is 0.690. The van der Waals surface area contributed by atoms with Crippen LogP contribution in [0.15, 0.2) is 29.3 Å². The number of hydrogen-bond acceptors (Lipinski definition) is 5. The highest BCUT2D eigenvalue weighted by molar-refractivity contribution is 5.97. The summed E-state index contributed by atoms with van der Waals surface area (Å²) in [5.41, 5.74) is 1.45. The predicted octanol–water partition coefficient (Wildman–Crippen LogP) is 1.19. The van der Waals surface area contributed by atoms with E-state index < -0.39 is 12.1 Å². The monoisotopic (exact) mass is 347 g/mol. The Morgan fingerprint density at radius 2 is 2.04 bits per heavy atom. The fourth-order valence-electron chi connectivity index (χ4n) is 2.37. The van der Waals surface area contributed by atoms with Gasteiger partial charge in [0.05, 0.1) is 12.8 Å². The van der Waals surface area contributed by atoms with Gasteiger partial charge >= 0.3 is 11.8 Å². The number of H-pyrrole nitrogens is 1. The molecule has 2 aromatic rings. The first-order valence-electron chi connectivity index (χ1n) is 7.72. The van der Waals surface area contributed by atoms with Gasteiger partial charge in [0.25, 0.3) is 0 Å². The normalized spacial score (nSPS) is 11.9. The number of ether oxygens (including phenoxy) is 1. The third-order valence-electron chi connectivity index (χ3n) is 3.78. The van der Waals surface area contributed by atoms with E-state index in [2.05, 4.69) is 25.6 Å². The van der Waals surface area contributed by atoms with E-state index >= 15 is 0 Å². The van der Waals surface area contributed by atoms with E-state index in [1.54, 1.807) is 25.1 Å². The summed E-state index contributed by atoms with van der Waals surface area (Å²) in [5, 5.41) is 11.3. The first-order valence-corrected chi connectivity index (χ1v) is 7.72. The first kappa shape index (κ1) is 18.2. The molecule has 0 bridgehead atoms. The van der Waals surface area contributed by atoms with Gasteiger partial charge < -0.3 is 15.4 Å². The van der Waals surface area contributed by atoms with Gasteiger partial charge in [0.2, 0.25) is 5.91 Å². The molecule has 9 heteroatoms. The fourth-order valence-corrected chi connectivity index (χ4v) is 2.37. The van der Waals surface area contributed by atoms with Crippen molar-refractivity contribution in [1.82, 2.24) is 20.1 Å². The molecule has 3 N–H and O–H groups in total. The van der Waals surface area contributed by atoms with Crippen LogP contribution in [-0.4, -0.2) is 39.9 Å². The Balaban J connectivity index is 2.27. The highest BCUT2D eigenvalue weighted by Gasteiger charge is 2.25. The topological polar surface area (TPSA) is 118 Å². The summed E-state index contributed by atoms with van der Waals surface area (Å²) in [5.74, 6) is -0.515. The average molecular weight is 347 g/mol. The number of nitrogens with one attached hydrogen (secondary N) is 3. The summed E-state index contributed by atoms with van der Waals surface area (Å²) >= 11 is 0. The summed E-state index contributed by atoms with van der Waals surface area (Å²) in [7, 11) is 1.24. The molecule has 1 aromatic carbocycles. The number of benzene rings is 1. The van der Waals surface area contributed by atoms with E-state index in [0.717, 1.165) is 0 Å². The van der Waals surface area contributed by atoms with E-state index in [1.807, 2.05) is 13.8 Å². The molecule has 0 aliphatic carbocycles. The molecular formula is C16H21N5O4. The molecule has 1 aromatic heterocycles. The molecule has 2 rings (SSSR count). The number of aromatic amines is 1. The van der Waals surface area contributed by atoms with Crippen molar-refractivity contribution in [3.8, 4) is 5.69 Å². The molecule has 0 saturated carbocycles. The SMILES string of the molecule is COC(=O)N[C@H](C(=O)Nc1cccc(-n2cn[nH]c2=O)c1C)C(C)C. The second-order valence-electron chi connectivity index (χ2n) is 5.83. The lowest BCUT2D eigenvalue weighted by Gasteiger charge is -2.22. The van der Waals surface area contributed by atoms with Crippen molar-refractivity contribution in [2.75, 3.05) is 12.4 Å². The van der Waals surface area contributed by atoms with Gasteiger partial charge in [-0.1, -0.05) is 19.9 Å². The van der Waals surface area contributed by atoms with Gasteiger partial charge in [-0.15, -0.1) is 0 Å². The summed E-state index contributed by atoms with van der Waals surface area (Å²) in [6, 6.07) is 4.42. The largest absolute Gasteiger partial charge is 0.453 e. The van der Waals surface area contributed by atoms with E-state index in [1.165, 1.54) is 18.0 Å². The zero-order valence-corrected chi connectivity index (χ0v) is 14.5. The van der Waals surface area contributed by atoms with Crippen molar-refractivity contribution in [2.24, 2.45) is 5.92 Å². The third kappa shape index (κ3) is 4.06. The maximum Gasteiger partial charge on any atom is 0.407 e. The standard InChI is InChI=1S/C16H21N5O4/c1-9(2)13(19-16(24)25-4)14(22)18-11-6-5-7-12(10(11)3)21-8-17-20-15(21)23/h5-9,13H,1-4H3,(H,18,22)(H,19,24)(H,20,23)/t13-/m0/s1. The molecule has 25 heavy (non-hydrogen) atoms. The molecule has 0 aliphatic heterocycles. The molecule has 0 fully saturated rings. The van der Waals surface area contributed by atoms with Gasteiger partial charge in [-0.25, -0.2) is 19.3 Å². The number of amides is 2. The highest BCUT2D eigenvalue weighted by Crippen LogP contribution is 2.21. The molecule has 9 nitrogen and oxygen atoms in total. The maximum absolute atomic E-state index is 12.6. The molecular weight excluding hydrogens is 326 g/mol. The van der Waals surface area contributed by atoms with E-state index in [-0.39, 0.29) is 17.5 Å². The van der Waals surface area contributed by atoms with Crippen LogP contribution in [0.25, 0.3) is 5.69 Å². The van der Waals surface area contributed by atoms with Gasteiger partial charge in [-0.05, 0) is 30.5 Å². The average Bonchev–Trinajstić information content (AvgIpc) is 2.99. The zero-order valence-electron chi connectivity index (χ0n) is 14.5. The smallest absolute Gasteiger partial charge is 0.407 e. The van der Waals surface area contributed by atoms with E-state index in [9.17, 15) is 14.4 Å². The van der Waals surface area contributed by atoms with Crippen LogP contribution in [0.5, 0.6) is 0 Å². The summed E-state index contributed by atoms with van der Waals surface area (Å²) in [4.78, 5) is 35.7. The van der Waals surface area contributed by atoms with Crippen LogP contribution in [0.2, 0.25) is 0 Å². The molecule has 0 unspecified atom stereocenters. The minimum absolute atomic E-state index is 0.140. The zero-order chi connectivity index (χ0) is 18.6. The summed E-state index contributed by atoms with van der Waals surface area (Å²) < 4.78 is 5.90. The number of carbonyl (C=O) groups is 2. The molecule has 0 saturated heterocycles. The van der Waals surface area contributed by atoms with Gasteiger partial charge in [-0.2, -0.15) is 5.10 Å². The number of nitrogens with zero attached hydrogens (tertiary/aromatic N) is 2. The quantitative estimate of drug-likeness (QED) is 0.751. The van der Waals surface area contributed by atoms with Crippen molar-refractivity contribution >= 4 is 17.7 Å². The lowest BCUT2D eigenvalue weighted by molar-refractivity contribution is -0.119. The first-order chi connectivity index (χ1) is 11.8. The van der Waals surface area contributed by atoms with Gasteiger partial charge in [-0.3, -0.25) is 4.79 Å². The minimum Gasteiger partial charge on any atom is -0.453 e. The van der Waals surface area contributed by atoms with Crippen molar-refractivity contribution in [1.29, 1.82) is 0 Å². The van der Waals surface area contributed by atoms with Crippen molar-refractivity contribution in [3.63, 3.8) is 0 Å². The molecule has 0 spiro atoms.